The van der Waals surface area contributed by atoms with E-state index < -0.39 is 0 Å². The lowest BCUT2D eigenvalue weighted by Gasteiger charge is -2.36. The fourth-order valence-corrected chi connectivity index (χ4v) is 3.63. The van der Waals surface area contributed by atoms with Crippen molar-refractivity contribution in [2.24, 2.45) is 0 Å². The maximum absolute atomic E-state index is 9.66. The van der Waals surface area contributed by atoms with Crippen molar-refractivity contribution >= 4 is 11.8 Å². The maximum Gasteiger partial charge on any atom is 0.227 e. The Morgan fingerprint density at radius 1 is 1.29 bits per heavy atom. The van der Waals surface area contributed by atoms with E-state index in [1.807, 2.05) is 31.0 Å². The van der Waals surface area contributed by atoms with E-state index in [9.17, 15) is 5.11 Å². The number of β-amino-alcohol motifs (C(OH)–C–C–N with tert-alkyl or cyclic N) is 1. The lowest BCUT2D eigenvalue weighted by molar-refractivity contribution is 0.140. The number of aliphatic hydroxyl groups is 1. The summed E-state index contributed by atoms with van der Waals surface area (Å²) in [5.41, 5.74) is 2.19. The van der Waals surface area contributed by atoms with Crippen LogP contribution in [0.3, 0.4) is 0 Å². The van der Waals surface area contributed by atoms with Gasteiger partial charge in [-0.05, 0) is 31.0 Å². The van der Waals surface area contributed by atoms with E-state index in [2.05, 4.69) is 23.1 Å². The molecule has 0 aliphatic carbocycles. The Hall–Kier alpha value is -2.38. The molecule has 2 aromatic rings. The second-order valence-electron chi connectivity index (χ2n) is 7.51. The van der Waals surface area contributed by atoms with Gasteiger partial charge in [0, 0.05) is 45.3 Å². The van der Waals surface area contributed by atoms with Crippen LogP contribution in [0.1, 0.15) is 30.5 Å². The van der Waals surface area contributed by atoms with Crippen molar-refractivity contribution in [2.45, 2.75) is 31.9 Å². The maximum atomic E-state index is 9.66. The number of nitrogens with zero attached hydrogens (tertiary/aromatic N) is 4. The largest absolute Gasteiger partial charge is 0.494 e. The van der Waals surface area contributed by atoms with E-state index in [4.69, 9.17) is 19.4 Å². The van der Waals surface area contributed by atoms with E-state index in [0.29, 0.717) is 38.2 Å². The molecule has 7 nitrogen and oxygen atoms in total. The number of ether oxygens (including phenoxy) is 2. The van der Waals surface area contributed by atoms with Crippen molar-refractivity contribution in [1.82, 2.24) is 9.97 Å². The monoisotopic (exact) mass is 384 g/mol. The summed E-state index contributed by atoms with van der Waals surface area (Å²) >= 11 is 0. The van der Waals surface area contributed by atoms with Gasteiger partial charge in [0.15, 0.2) is 0 Å². The minimum atomic E-state index is -0.287. The number of benzene rings is 1. The van der Waals surface area contributed by atoms with Crippen LogP contribution in [0.2, 0.25) is 0 Å². The fraction of sp³-hybridized carbons (Fsp3) is 0.524. The van der Waals surface area contributed by atoms with Crippen LogP contribution in [-0.4, -0.2) is 61.1 Å². The molecular formula is C21H28N4O3. The summed E-state index contributed by atoms with van der Waals surface area (Å²) in [4.78, 5) is 13.7. The topological polar surface area (TPSA) is 71.0 Å². The van der Waals surface area contributed by atoms with Gasteiger partial charge in [0.05, 0.1) is 25.0 Å². The van der Waals surface area contributed by atoms with Crippen LogP contribution in [0.15, 0.2) is 30.3 Å². The Labute approximate surface area is 165 Å². The summed E-state index contributed by atoms with van der Waals surface area (Å²) in [5, 5.41) is 9.66. The summed E-state index contributed by atoms with van der Waals surface area (Å²) in [7, 11) is 2.04. The summed E-state index contributed by atoms with van der Waals surface area (Å²) in [5.74, 6) is 2.77. The van der Waals surface area contributed by atoms with Gasteiger partial charge >= 0.3 is 0 Å². The van der Waals surface area contributed by atoms with Gasteiger partial charge in [0.1, 0.15) is 11.6 Å². The molecule has 0 radical (unpaired) electrons. The van der Waals surface area contributed by atoms with Gasteiger partial charge in [-0.15, -0.1) is 0 Å². The van der Waals surface area contributed by atoms with E-state index in [0.717, 1.165) is 36.8 Å². The number of aliphatic hydroxyl groups excluding tert-OH is 1. The predicted molar refractivity (Wildman–Crippen MR) is 108 cm³/mol. The fourth-order valence-electron chi connectivity index (χ4n) is 3.63. The molecule has 0 unspecified atom stereocenters. The zero-order chi connectivity index (χ0) is 19.5. The van der Waals surface area contributed by atoms with Gasteiger partial charge in [-0.3, -0.25) is 0 Å². The third-order valence-corrected chi connectivity index (χ3v) is 5.23. The zero-order valence-electron chi connectivity index (χ0n) is 16.5. The average molecular weight is 384 g/mol. The van der Waals surface area contributed by atoms with Crippen molar-refractivity contribution in [2.75, 3.05) is 49.8 Å². The first-order valence-electron chi connectivity index (χ1n) is 9.95. The van der Waals surface area contributed by atoms with Crippen molar-refractivity contribution < 1.29 is 14.6 Å². The molecule has 3 heterocycles. The highest BCUT2D eigenvalue weighted by Gasteiger charge is 2.29. The number of aromatic nitrogens is 2. The molecule has 2 aliphatic heterocycles. The Morgan fingerprint density at radius 2 is 2.14 bits per heavy atom. The quantitative estimate of drug-likeness (QED) is 0.785. The highest BCUT2D eigenvalue weighted by Crippen LogP contribution is 2.29. The molecular weight excluding hydrogens is 356 g/mol. The highest BCUT2D eigenvalue weighted by atomic mass is 16.5. The van der Waals surface area contributed by atoms with Crippen LogP contribution in [0.25, 0.3) is 0 Å². The highest BCUT2D eigenvalue weighted by molar-refractivity contribution is 5.48. The Bertz CT molecular complexity index is 804. The summed E-state index contributed by atoms with van der Waals surface area (Å²) in [6.45, 7) is 6.03. The molecule has 1 aromatic heterocycles. The first kappa shape index (κ1) is 19.0. The molecule has 1 N–H and O–H groups in total. The third-order valence-electron chi connectivity index (χ3n) is 5.23. The molecule has 0 saturated carbocycles. The van der Waals surface area contributed by atoms with Crippen LogP contribution in [0.4, 0.5) is 11.8 Å². The summed E-state index contributed by atoms with van der Waals surface area (Å²) in [6.07, 6.45) is 0.697. The van der Waals surface area contributed by atoms with Crippen LogP contribution >= 0.6 is 0 Å². The Balaban J connectivity index is 1.57. The number of hydrogen-bond acceptors (Lipinski definition) is 7. The average Bonchev–Trinajstić information content (AvgIpc) is 3.20. The Kier molecular flexibility index (Phi) is 5.64. The van der Waals surface area contributed by atoms with Gasteiger partial charge in [-0.25, -0.2) is 4.98 Å². The molecule has 1 aromatic carbocycles. The first-order valence-corrected chi connectivity index (χ1v) is 9.95. The van der Waals surface area contributed by atoms with E-state index in [1.165, 1.54) is 5.56 Å². The standard InChI is InChI=1S/C21H28N4O3/c1-3-28-18-6-4-5-15(9-18)11-24(2)20-10-19(16-7-8-27-14-16)22-21(23-20)25-12-17(26)13-25/h4-6,9-10,16-17,26H,3,7-8,11-14H2,1-2H3/t16-/m0/s1. The van der Waals surface area contributed by atoms with Crippen LogP contribution in [0, 0.1) is 0 Å². The zero-order valence-corrected chi connectivity index (χ0v) is 16.5. The van der Waals surface area contributed by atoms with Crippen molar-refractivity contribution in [3.8, 4) is 5.75 Å². The first-order chi connectivity index (χ1) is 13.6. The molecule has 2 fully saturated rings. The second-order valence-corrected chi connectivity index (χ2v) is 7.51. The van der Waals surface area contributed by atoms with Crippen LogP contribution in [0.5, 0.6) is 5.75 Å². The van der Waals surface area contributed by atoms with E-state index >= 15 is 0 Å². The smallest absolute Gasteiger partial charge is 0.227 e. The molecule has 2 aliphatic rings. The van der Waals surface area contributed by atoms with Crippen molar-refractivity contribution in [3.63, 3.8) is 0 Å². The molecule has 28 heavy (non-hydrogen) atoms. The van der Waals surface area contributed by atoms with Gasteiger partial charge in [0.2, 0.25) is 5.95 Å². The van der Waals surface area contributed by atoms with Gasteiger partial charge in [0.25, 0.3) is 0 Å². The normalized spacial score (nSPS) is 19.5. The lowest BCUT2D eigenvalue weighted by atomic mass is 10.0. The van der Waals surface area contributed by atoms with Crippen LogP contribution < -0.4 is 14.5 Å². The molecule has 7 heteroatoms. The molecule has 1 atom stereocenters. The predicted octanol–water partition coefficient (Wildman–Crippen LogP) is 2.20. The van der Waals surface area contributed by atoms with Gasteiger partial charge in [-0.1, -0.05) is 12.1 Å². The molecule has 0 spiro atoms. The second kappa shape index (κ2) is 8.32. The van der Waals surface area contributed by atoms with Gasteiger partial charge in [-0.2, -0.15) is 4.98 Å². The molecule has 150 valence electrons. The van der Waals surface area contributed by atoms with Crippen LogP contribution in [-0.2, 0) is 11.3 Å². The van der Waals surface area contributed by atoms with Crippen molar-refractivity contribution in [3.05, 3.63) is 41.6 Å². The molecule has 0 amide bonds. The minimum Gasteiger partial charge on any atom is -0.494 e. The summed E-state index contributed by atoms with van der Waals surface area (Å²) in [6, 6.07) is 10.2. The van der Waals surface area contributed by atoms with E-state index in [1.54, 1.807) is 0 Å². The minimum absolute atomic E-state index is 0.287. The molecule has 0 bridgehead atoms. The van der Waals surface area contributed by atoms with Gasteiger partial charge < -0.3 is 24.4 Å². The number of rotatable bonds is 7. The third kappa shape index (κ3) is 4.20. The Morgan fingerprint density at radius 3 is 2.86 bits per heavy atom. The lowest BCUT2D eigenvalue weighted by Crippen LogP contribution is -2.51. The number of anilines is 2. The molecule has 4 rings (SSSR count). The number of hydrogen-bond donors (Lipinski definition) is 1. The van der Waals surface area contributed by atoms with Crippen molar-refractivity contribution in [1.29, 1.82) is 0 Å². The van der Waals surface area contributed by atoms with E-state index in [-0.39, 0.29) is 6.10 Å². The SMILES string of the molecule is CCOc1cccc(CN(C)c2cc([C@H]3CCOC3)nc(N3CC(O)C3)n2)c1. The molecule has 2 saturated heterocycles. The summed E-state index contributed by atoms with van der Waals surface area (Å²) < 4.78 is 11.2.